The molecule has 2 heterocycles. The van der Waals surface area contributed by atoms with Gasteiger partial charge in [-0.25, -0.2) is 4.79 Å². The van der Waals surface area contributed by atoms with Crippen LogP contribution >= 0.6 is 0 Å². The van der Waals surface area contributed by atoms with Crippen LogP contribution in [0.3, 0.4) is 0 Å². The van der Waals surface area contributed by atoms with E-state index in [0.717, 1.165) is 24.1 Å². The molecule has 138 valence electrons. The van der Waals surface area contributed by atoms with E-state index in [1.807, 2.05) is 12.1 Å². The van der Waals surface area contributed by atoms with Crippen molar-refractivity contribution in [3.8, 4) is 0 Å². The molecule has 0 saturated carbocycles. The summed E-state index contributed by atoms with van der Waals surface area (Å²) in [6, 6.07) is 7.58. The number of nitrogens with zero attached hydrogens (tertiary/aromatic N) is 3. The van der Waals surface area contributed by atoms with Crippen LogP contribution in [0.15, 0.2) is 30.3 Å². The Kier molecular flexibility index (Phi) is 4.84. The van der Waals surface area contributed by atoms with E-state index in [1.165, 1.54) is 11.1 Å². The lowest BCUT2D eigenvalue weighted by Crippen LogP contribution is -2.39. The first-order valence-corrected chi connectivity index (χ1v) is 8.33. The molecule has 0 radical (unpaired) electrons. The van der Waals surface area contributed by atoms with Crippen LogP contribution in [0, 0.1) is 0 Å². The molecule has 0 atom stereocenters. The second-order valence-corrected chi connectivity index (χ2v) is 6.54. The van der Waals surface area contributed by atoms with Crippen molar-refractivity contribution >= 4 is 11.8 Å². The van der Waals surface area contributed by atoms with Gasteiger partial charge in [0.05, 0.1) is 0 Å². The largest absolute Gasteiger partial charge is 0.435 e. The fraction of sp³-hybridized carbons (Fsp3) is 0.389. The van der Waals surface area contributed by atoms with E-state index in [9.17, 15) is 18.0 Å². The molecule has 1 aromatic carbocycles. The molecule has 0 spiro atoms. The number of amides is 2. The predicted octanol–water partition coefficient (Wildman–Crippen LogP) is 4.21. The van der Waals surface area contributed by atoms with Crippen molar-refractivity contribution < 1.29 is 18.0 Å². The highest BCUT2D eigenvalue weighted by Crippen LogP contribution is 2.28. The summed E-state index contributed by atoms with van der Waals surface area (Å²) in [4.78, 5) is 14.0. The highest BCUT2D eigenvalue weighted by molar-refractivity contribution is 5.88. The van der Waals surface area contributed by atoms with Crippen LogP contribution in [0.1, 0.15) is 42.1 Å². The lowest BCUT2D eigenvalue weighted by atomic mass is 9.89. The summed E-state index contributed by atoms with van der Waals surface area (Å²) in [5.41, 5.74) is 2.57. The third-order valence-electron chi connectivity index (χ3n) is 4.40. The van der Waals surface area contributed by atoms with Crippen molar-refractivity contribution in [3.05, 3.63) is 52.7 Å². The van der Waals surface area contributed by atoms with Gasteiger partial charge in [-0.1, -0.05) is 32.0 Å². The number of hydrogen-bond acceptors (Lipinski definition) is 3. The van der Waals surface area contributed by atoms with Gasteiger partial charge in [-0.2, -0.15) is 13.2 Å². The van der Waals surface area contributed by atoms with Crippen molar-refractivity contribution in [2.24, 2.45) is 0 Å². The molecule has 5 nitrogen and oxygen atoms in total. The lowest BCUT2D eigenvalue weighted by molar-refractivity contribution is -0.141. The number of nitrogens with one attached hydrogen (secondary N) is 1. The molecule has 0 aliphatic carbocycles. The molecule has 3 rings (SSSR count). The molecule has 2 aromatic rings. The highest BCUT2D eigenvalue weighted by Gasteiger charge is 2.33. The van der Waals surface area contributed by atoms with E-state index < -0.39 is 17.9 Å². The van der Waals surface area contributed by atoms with Crippen LogP contribution in [0.25, 0.3) is 0 Å². The first kappa shape index (κ1) is 18.2. The standard InChI is InChI=1S/C18H19F3N4O/c1-11(2)13-5-3-4-12-10-25(9-8-14(12)13)17(26)22-16-7-6-15(23-24-16)18(19,20)21/h3-7,11H,8-10H2,1-2H3,(H,22,24,26). The molecule has 2 amide bonds. The summed E-state index contributed by atoms with van der Waals surface area (Å²) in [5.74, 6) is 0.400. The molecule has 1 aliphatic rings. The topological polar surface area (TPSA) is 58.1 Å². The second-order valence-electron chi connectivity index (χ2n) is 6.54. The van der Waals surface area contributed by atoms with Crippen LogP contribution < -0.4 is 5.32 Å². The number of carbonyl (C=O) groups excluding carboxylic acids is 1. The van der Waals surface area contributed by atoms with Crippen molar-refractivity contribution in [3.63, 3.8) is 0 Å². The molecule has 1 N–H and O–H groups in total. The van der Waals surface area contributed by atoms with Crippen molar-refractivity contribution in [1.29, 1.82) is 0 Å². The zero-order valence-corrected chi connectivity index (χ0v) is 14.5. The molecule has 0 saturated heterocycles. The van der Waals surface area contributed by atoms with Gasteiger partial charge >= 0.3 is 12.2 Å². The third kappa shape index (κ3) is 3.79. The van der Waals surface area contributed by atoms with Gasteiger partial charge in [0.1, 0.15) is 0 Å². The Morgan fingerprint density at radius 1 is 1.19 bits per heavy atom. The smallest absolute Gasteiger partial charge is 0.320 e. The summed E-state index contributed by atoms with van der Waals surface area (Å²) >= 11 is 0. The fourth-order valence-electron chi connectivity index (χ4n) is 3.09. The predicted molar refractivity (Wildman–Crippen MR) is 90.7 cm³/mol. The van der Waals surface area contributed by atoms with Crippen LogP contribution in [-0.2, 0) is 19.1 Å². The van der Waals surface area contributed by atoms with E-state index in [0.29, 0.717) is 19.0 Å². The first-order chi connectivity index (χ1) is 12.3. The molecule has 1 aromatic heterocycles. The van der Waals surface area contributed by atoms with Gasteiger partial charge in [0.15, 0.2) is 11.5 Å². The summed E-state index contributed by atoms with van der Waals surface area (Å²) < 4.78 is 37.5. The molecule has 0 unspecified atom stereocenters. The van der Waals surface area contributed by atoms with Crippen molar-refractivity contribution in [2.75, 3.05) is 11.9 Å². The Hall–Kier alpha value is -2.64. The summed E-state index contributed by atoms with van der Waals surface area (Å²) in [6.07, 6.45) is -3.81. The SMILES string of the molecule is CC(C)c1cccc2c1CCN(C(=O)Nc1ccc(C(F)(F)F)nn1)C2. The minimum atomic E-state index is -4.56. The maximum Gasteiger partial charge on any atom is 0.435 e. The van der Waals surface area contributed by atoms with E-state index in [-0.39, 0.29) is 5.82 Å². The summed E-state index contributed by atoms with van der Waals surface area (Å²) in [5, 5.41) is 9.04. The number of rotatable bonds is 2. The van der Waals surface area contributed by atoms with Crippen molar-refractivity contribution in [2.45, 2.75) is 38.9 Å². The maximum absolute atomic E-state index is 12.5. The van der Waals surface area contributed by atoms with Crippen LogP contribution in [0.2, 0.25) is 0 Å². The van der Waals surface area contributed by atoms with Gasteiger partial charge < -0.3 is 4.90 Å². The molecule has 8 heteroatoms. The van der Waals surface area contributed by atoms with E-state index in [4.69, 9.17) is 0 Å². The number of alkyl halides is 3. The minimum Gasteiger partial charge on any atom is -0.320 e. The molecular weight excluding hydrogens is 345 g/mol. The summed E-state index contributed by atoms with van der Waals surface area (Å²) in [6.45, 7) is 5.27. The monoisotopic (exact) mass is 364 g/mol. The number of hydrogen-bond donors (Lipinski definition) is 1. The van der Waals surface area contributed by atoms with E-state index in [2.05, 4.69) is 35.4 Å². The second kappa shape index (κ2) is 6.93. The number of fused-ring (bicyclic) bond motifs is 1. The zero-order chi connectivity index (χ0) is 18.9. The Bertz CT molecular complexity index is 803. The lowest BCUT2D eigenvalue weighted by Gasteiger charge is -2.30. The third-order valence-corrected chi connectivity index (χ3v) is 4.40. The average molecular weight is 364 g/mol. The fourth-order valence-corrected chi connectivity index (χ4v) is 3.09. The zero-order valence-electron chi connectivity index (χ0n) is 14.5. The molecule has 0 bridgehead atoms. The number of aromatic nitrogens is 2. The van der Waals surface area contributed by atoms with E-state index in [1.54, 1.807) is 4.90 Å². The van der Waals surface area contributed by atoms with Gasteiger partial charge in [0.2, 0.25) is 0 Å². The van der Waals surface area contributed by atoms with Gasteiger partial charge in [0.25, 0.3) is 0 Å². The number of anilines is 1. The molecule has 1 aliphatic heterocycles. The highest BCUT2D eigenvalue weighted by atomic mass is 19.4. The van der Waals surface area contributed by atoms with Gasteiger partial charge in [-0.3, -0.25) is 5.32 Å². The number of urea groups is 1. The maximum atomic E-state index is 12.5. The molecule has 26 heavy (non-hydrogen) atoms. The first-order valence-electron chi connectivity index (χ1n) is 8.33. The Morgan fingerprint density at radius 3 is 2.58 bits per heavy atom. The Morgan fingerprint density at radius 2 is 1.96 bits per heavy atom. The van der Waals surface area contributed by atoms with Gasteiger partial charge in [-0.15, -0.1) is 10.2 Å². The normalized spacial score (nSPS) is 14.3. The molecular formula is C18H19F3N4O. The van der Waals surface area contributed by atoms with Crippen LogP contribution in [0.4, 0.5) is 23.8 Å². The van der Waals surface area contributed by atoms with Gasteiger partial charge in [-0.05, 0) is 41.2 Å². The number of halogens is 3. The van der Waals surface area contributed by atoms with Crippen LogP contribution in [0.5, 0.6) is 0 Å². The summed E-state index contributed by atoms with van der Waals surface area (Å²) in [7, 11) is 0. The average Bonchev–Trinajstić information content (AvgIpc) is 2.60. The quantitative estimate of drug-likeness (QED) is 0.868. The van der Waals surface area contributed by atoms with Crippen molar-refractivity contribution in [1.82, 2.24) is 15.1 Å². The Labute approximate surface area is 149 Å². The molecule has 0 fully saturated rings. The van der Waals surface area contributed by atoms with E-state index >= 15 is 0 Å². The number of carbonyl (C=O) groups is 1. The Balaban J connectivity index is 1.69. The number of benzene rings is 1. The minimum absolute atomic E-state index is 0.00951. The van der Waals surface area contributed by atoms with Gasteiger partial charge in [0, 0.05) is 13.1 Å². The van der Waals surface area contributed by atoms with Crippen LogP contribution in [-0.4, -0.2) is 27.7 Å².